The van der Waals surface area contributed by atoms with Crippen molar-refractivity contribution in [1.82, 2.24) is 0 Å². The van der Waals surface area contributed by atoms with Gasteiger partial charge in [0.05, 0.1) is 11.4 Å². The average molecular weight is 208 g/mol. The molecule has 0 aliphatic carbocycles. The molecule has 1 saturated heterocycles. The zero-order valence-corrected chi connectivity index (χ0v) is 9.04. The van der Waals surface area contributed by atoms with Gasteiger partial charge in [0.25, 0.3) is 0 Å². The molecule has 0 aromatic heterocycles. The normalized spacial score (nSPS) is 20.9. The minimum atomic E-state index is -0.207. The Balaban J connectivity index is 2.31. The molecule has 2 nitrogen and oxygen atoms in total. The maximum atomic E-state index is 13.1. The van der Waals surface area contributed by atoms with Gasteiger partial charge in [0.1, 0.15) is 5.82 Å². The predicted molar refractivity (Wildman–Crippen MR) is 61.5 cm³/mol. The summed E-state index contributed by atoms with van der Waals surface area (Å²) in [5.74, 6) is -0.207. The lowest BCUT2D eigenvalue weighted by molar-refractivity contribution is 0.620. The van der Waals surface area contributed by atoms with Gasteiger partial charge in [0.2, 0.25) is 0 Å². The van der Waals surface area contributed by atoms with E-state index in [4.69, 9.17) is 5.73 Å². The first kappa shape index (κ1) is 10.3. The summed E-state index contributed by atoms with van der Waals surface area (Å²) in [5.41, 5.74) is 7.42. The van der Waals surface area contributed by atoms with E-state index in [0.717, 1.165) is 18.7 Å². The van der Waals surface area contributed by atoms with Crippen molar-refractivity contribution in [3.8, 4) is 0 Å². The molecule has 0 bridgehead atoms. The lowest BCUT2D eigenvalue weighted by atomic mass is 10.1. The second-order valence-corrected chi connectivity index (χ2v) is 4.10. The van der Waals surface area contributed by atoms with E-state index in [0.29, 0.717) is 11.7 Å². The van der Waals surface area contributed by atoms with Gasteiger partial charge in [-0.25, -0.2) is 4.39 Å². The quantitative estimate of drug-likeness (QED) is 0.757. The molecule has 2 N–H and O–H groups in total. The van der Waals surface area contributed by atoms with Crippen molar-refractivity contribution in [1.29, 1.82) is 0 Å². The van der Waals surface area contributed by atoms with Crippen LogP contribution >= 0.6 is 0 Å². The molecule has 1 aliphatic rings. The second-order valence-electron chi connectivity index (χ2n) is 4.10. The molecule has 1 aliphatic heterocycles. The smallest absolute Gasteiger partial charge is 0.125 e. The Bertz CT molecular complexity index is 351. The molecular weight excluding hydrogens is 191 g/mol. The van der Waals surface area contributed by atoms with Gasteiger partial charge in [-0.2, -0.15) is 0 Å². The Morgan fingerprint density at radius 3 is 3.07 bits per heavy atom. The monoisotopic (exact) mass is 208 g/mol. The van der Waals surface area contributed by atoms with E-state index in [1.807, 2.05) is 0 Å². The van der Waals surface area contributed by atoms with Crippen molar-refractivity contribution in [2.45, 2.75) is 32.2 Å². The first-order valence-corrected chi connectivity index (χ1v) is 5.54. The van der Waals surface area contributed by atoms with Gasteiger partial charge < -0.3 is 10.6 Å². The molecule has 1 aromatic rings. The Kier molecular flexibility index (Phi) is 2.80. The number of nitrogen functional groups attached to an aromatic ring is 1. The van der Waals surface area contributed by atoms with Crippen LogP contribution in [0.5, 0.6) is 0 Å². The van der Waals surface area contributed by atoms with Gasteiger partial charge in [-0.15, -0.1) is 0 Å². The molecule has 1 heterocycles. The molecule has 1 atom stereocenters. The summed E-state index contributed by atoms with van der Waals surface area (Å²) in [6.45, 7) is 3.16. The fraction of sp³-hybridized carbons (Fsp3) is 0.500. The van der Waals surface area contributed by atoms with Gasteiger partial charge in [-0.05, 0) is 37.5 Å². The topological polar surface area (TPSA) is 29.3 Å². The Labute approximate surface area is 89.9 Å². The van der Waals surface area contributed by atoms with Crippen molar-refractivity contribution in [2.75, 3.05) is 17.2 Å². The highest BCUT2D eigenvalue weighted by Gasteiger charge is 2.24. The van der Waals surface area contributed by atoms with Crippen LogP contribution < -0.4 is 10.6 Å². The molecule has 15 heavy (non-hydrogen) atoms. The van der Waals surface area contributed by atoms with E-state index in [1.165, 1.54) is 18.9 Å². The number of rotatable bonds is 2. The molecule has 1 unspecified atom stereocenters. The van der Waals surface area contributed by atoms with Crippen LogP contribution in [0.4, 0.5) is 15.8 Å². The average Bonchev–Trinajstić information content (AvgIpc) is 2.69. The van der Waals surface area contributed by atoms with Crippen LogP contribution in [0.1, 0.15) is 26.2 Å². The Morgan fingerprint density at radius 1 is 1.53 bits per heavy atom. The minimum absolute atomic E-state index is 0.207. The largest absolute Gasteiger partial charge is 0.397 e. The summed E-state index contributed by atoms with van der Waals surface area (Å²) in [5, 5.41) is 0. The van der Waals surface area contributed by atoms with Crippen LogP contribution in [0.25, 0.3) is 0 Å². The molecule has 2 rings (SSSR count). The SMILES string of the molecule is CCC1CCCN1c1cc(F)ccc1N. The van der Waals surface area contributed by atoms with Crippen LogP contribution in [0.3, 0.4) is 0 Å². The lowest BCUT2D eigenvalue weighted by Gasteiger charge is -2.27. The molecule has 0 spiro atoms. The number of nitrogens with two attached hydrogens (primary N) is 1. The summed E-state index contributed by atoms with van der Waals surface area (Å²) in [6.07, 6.45) is 3.46. The number of hydrogen-bond donors (Lipinski definition) is 1. The molecular formula is C12H17FN2. The van der Waals surface area contributed by atoms with Gasteiger partial charge in [0, 0.05) is 12.6 Å². The number of halogens is 1. The van der Waals surface area contributed by atoms with Crippen LogP contribution in [-0.2, 0) is 0 Å². The van der Waals surface area contributed by atoms with Crippen LogP contribution in [0.2, 0.25) is 0 Å². The maximum absolute atomic E-state index is 13.1. The molecule has 1 aromatic carbocycles. The number of nitrogens with zero attached hydrogens (tertiary/aromatic N) is 1. The lowest BCUT2D eigenvalue weighted by Crippen LogP contribution is -2.29. The Morgan fingerprint density at radius 2 is 2.33 bits per heavy atom. The van der Waals surface area contributed by atoms with E-state index in [-0.39, 0.29) is 5.82 Å². The van der Waals surface area contributed by atoms with E-state index in [2.05, 4.69) is 11.8 Å². The third-order valence-corrected chi connectivity index (χ3v) is 3.15. The minimum Gasteiger partial charge on any atom is -0.397 e. The third-order valence-electron chi connectivity index (χ3n) is 3.15. The first-order chi connectivity index (χ1) is 7.22. The van der Waals surface area contributed by atoms with Crippen molar-refractivity contribution >= 4 is 11.4 Å². The second kappa shape index (κ2) is 4.09. The first-order valence-electron chi connectivity index (χ1n) is 5.54. The van der Waals surface area contributed by atoms with Crippen LogP contribution in [0, 0.1) is 5.82 Å². The van der Waals surface area contributed by atoms with E-state index < -0.39 is 0 Å². The van der Waals surface area contributed by atoms with Crippen LogP contribution in [-0.4, -0.2) is 12.6 Å². The molecule has 0 saturated carbocycles. The van der Waals surface area contributed by atoms with Gasteiger partial charge in [-0.1, -0.05) is 6.92 Å². The van der Waals surface area contributed by atoms with E-state index in [9.17, 15) is 4.39 Å². The number of benzene rings is 1. The fourth-order valence-electron chi connectivity index (χ4n) is 2.34. The molecule has 0 amide bonds. The highest BCUT2D eigenvalue weighted by Crippen LogP contribution is 2.31. The zero-order valence-electron chi connectivity index (χ0n) is 9.04. The number of hydrogen-bond acceptors (Lipinski definition) is 2. The molecule has 0 radical (unpaired) electrons. The van der Waals surface area contributed by atoms with Crippen molar-refractivity contribution in [3.05, 3.63) is 24.0 Å². The third kappa shape index (κ3) is 1.91. The van der Waals surface area contributed by atoms with E-state index >= 15 is 0 Å². The van der Waals surface area contributed by atoms with Gasteiger partial charge in [-0.3, -0.25) is 0 Å². The van der Waals surface area contributed by atoms with Crippen molar-refractivity contribution < 1.29 is 4.39 Å². The fourth-order valence-corrected chi connectivity index (χ4v) is 2.34. The molecule has 3 heteroatoms. The maximum Gasteiger partial charge on any atom is 0.125 e. The highest BCUT2D eigenvalue weighted by atomic mass is 19.1. The predicted octanol–water partition coefficient (Wildman–Crippen LogP) is 2.79. The molecule has 82 valence electrons. The van der Waals surface area contributed by atoms with Crippen molar-refractivity contribution in [2.24, 2.45) is 0 Å². The number of anilines is 2. The summed E-state index contributed by atoms with van der Waals surface area (Å²) >= 11 is 0. The summed E-state index contributed by atoms with van der Waals surface area (Å²) in [6, 6.07) is 5.13. The Hall–Kier alpha value is -1.25. The summed E-state index contributed by atoms with van der Waals surface area (Å²) < 4.78 is 13.1. The highest BCUT2D eigenvalue weighted by molar-refractivity contribution is 5.68. The molecule has 1 fully saturated rings. The van der Waals surface area contributed by atoms with Gasteiger partial charge >= 0.3 is 0 Å². The van der Waals surface area contributed by atoms with Crippen LogP contribution in [0.15, 0.2) is 18.2 Å². The van der Waals surface area contributed by atoms with E-state index in [1.54, 1.807) is 12.1 Å². The summed E-state index contributed by atoms with van der Waals surface area (Å²) in [7, 11) is 0. The summed E-state index contributed by atoms with van der Waals surface area (Å²) in [4.78, 5) is 2.23. The standard InChI is InChI=1S/C12H17FN2/c1-2-10-4-3-7-15(10)12-8-9(13)5-6-11(12)14/h5-6,8,10H,2-4,7,14H2,1H3. The van der Waals surface area contributed by atoms with Gasteiger partial charge in [0.15, 0.2) is 0 Å². The zero-order chi connectivity index (χ0) is 10.8. The van der Waals surface area contributed by atoms with Crippen molar-refractivity contribution in [3.63, 3.8) is 0 Å².